The SMILES string of the molecule is O=S(=O)(C1CCCCC1)N1C[C@H]2CNC[C@H]2C1. The third-order valence-electron chi connectivity index (χ3n) is 4.69. The first kappa shape index (κ1) is 11.9. The average Bonchev–Trinajstić information content (AvgIpc) is 2.90. The van der Waals surface area contributed by atoms with Gasteiger partial charge in [-0.05, 0) is 37.8 Å². The Balaban J connectivity index is 1.70. The van der Waals surface area contributed by atoms with E-state index in [4.69, 9.17) is 0 Å². The predicted molar refractivity (Wildman–Crippen MR) is 67.2 cm³/mol. The van der Waals surface area contributed by atoms with Crippen molar-refractivity contribution in [3.63, 3.8) is 0 Å². The van der Waals surface area contributed by atoms with Crippen LogP contribution in [0.15, 0.2) is 0 Å². The highest BCUT2D eigenvalue weighted by atomic mass is 32.2. The van der Waals surface area contributed by atoms with Gasteiger partial charge in [-0.1, -0.05) is 19.3 Å². The van der Waals surface area contributed by atoms with E-state index in [9.17, 15) is 8.42 Å². The van der Waals surface area contributed by atoms with Crippen molar-refractivity contribution in [2.45, 2.75) is 37.4 Å². The lowest BCUT2D eigenvalue weighted by Crippen LogP contribution is -2.39. The van der Waals surface area contributed by atoms with E-state index >= 15 is 0 Å². The molecule has 0 amide bonds. The number of nitrogens with zero attached hydrogens (tertiary/aromatic N) is 1. The molecule has 17 heavy (non-hydrogen) atoms. The Morgan fingerprint density at radius 2 is 1.53 bits per heavy atom. The fourth-order valence-corrected chi connectivity index (χ4v) is 5.74. The van der Waals surface area contributed by atoms with E-state index in [-0.39, 0.29) is 5.25 Å². The maximum atomic E-state index is 12.5. The maximum absolute atomic E-state index is 12.5. The quantitative estimate of drug-likeness (QED) is 0.797. The van der Waals surface area contributed by atoms with Crippen LogP contribution in [0, 0.1) is 11.8 Å². The number of nitrogens with one attached hydrogen (secondary N) is 1. The minimum absolute atomic E-state index is 0.0805. The van der Waals surface area contributed by atoms with Crippen molar-refractivity contribution in [1.82, 2.24) is 9.62 Å². The molecular weight excluding hydrogens is 236 g/mol. The van der Waals surface area contributed by atoms with Crippen LogP contribution in [-0.2, 0) is 10.0 Å². The van der Waals surface area contributed by atoms with Crippen molar-refractivity contribution < 1.29 is 8.42 Å². The number of rotatable bonds is 2. The average molecular weight is 258 g/mol. The highest BCUT2D eigenvalue weighted by Gasteiger charge is 2.43. The Morgan fingerprint density at radius 3 is 2.12 bits per heavy atom. The highest BCUT2D eigenvalue weighted by Crippen LogP contribution is 2.33. The minimum Gasteiger partial charge on any atom is -0.316 e. The van der Waals surface area contributed by atoms with E-state index < -0.39 is 10.0 Å². The summed E-state index contributed by atoms with van der Waals surface area (Å²) < 4.78 is 26.8. The van der Waals surface area contributed by atoms with E-state index in [2.05, 4.69) is 5.32 Å². The van der Waals surface area contributed by atoms with Crippen LogP contribution in [0.25, 0.3) is 0 Å². The summed E-state index contributed by atoms with van der Waals surface area (Å²) in [6.45, 7) is 3.52. The molecule has 4 nitrogen and oxygen atoms in total. The first-order valence-corrected chi connectivity index (χ1v) is 8.38. The van der Waals surface area contributed by atoms with Crippen molar-refractivity contribution in [3.8, 4) is 0 Å². The monoisotopic (exact) mass is 258 g/mol. The second-order valence-corrected chi connectivity index (χ2v) is 8.01. The molecule has 5 heteroatoms. The number of hydrogen-bond acceptors (Lipinski definition) is 3. The highest BCUT2D eigenvalue weighted by molar-refractivity contribution is 7.89. The van der Waals surface area contributed by atoms with E-state index in [1.54, 1.807) is 4.31 Å². The van der Waals surface area contributed by atoms with Gasteiger partial charge in [0.05, 0.1) is 5.25 Å². The first-order valence-electron chi connectivity index (χ1n) is 6.87. The zero-order valence-corrected chi connectivity index (χ0v) is 11.1. The van der Waals surface area contributed by atoms with Crippen LogP contribution in [0.3, 0.4) is 0 Å². The van der Waals surface area contributed by atoms with Gasteiger partial charge in [0.2, 0.25) is 10.0 Å². The standard InChI is InChI=1S/C12H22N2O2S/c15-17(16,12-4-2-1-3-5-12)14-8-10-6-13-7-11(10)9-14/h10-13H,1-9H2/t10-,11+. The third-order valence-corrected chi connectivity index (χ3v) is 7.02. The maximum Gasteiger partial charge on any atom is 0.216 e. The van der Waals surface area contributed by atoms with Crippen LogP contribution >= 0.6 is 0 Å². The molecule has 3 rings (SSSR count). The van der Waals surface area contributed by atoms with Gasteiger partial charge in [0.1, 0.15) is 0 Å². The van der Waals surface area contributed by atoms with Crippen molar-refractivity contribution in [2.24, 2.45) is 11.8 Å². The third kappa shape index (κ3) is 2.13. The van der Waals surface area contributed by atoms with Crippen LogP contribution in [-0.4, -0.2) is 44.2 Å². The molecule has 1 N–H and O–H groups in total. The zero-order valence-electron chi connectivity index (χ0n) is 10.3. The Morgan fingerprint density at radius 1 is 0.941 bits per heavy atom. The molecule has 0 radical (unpaired) electrons. The molecule has 0 unspecified atom stereocenters. The molecule has 1 saturated carbocycles. The molecular formula is C12H22N2O2S. The van der Waals surface area contributed by atoms with E-state index in [0.717, 1.165) is 51.9 Å². The van der Waals surface area contributed by atoms with Crippen LogP contribution < -0.4 is 5.32 Å². The molecule has 2 saturated heterocycles. The van der Waals surface area contributed by atoms with Gasteiger partial charge in [-0.2, -0.15) is 0 Å². The molecule has 0 aromatic carbocycles. The van der Waals surface area contributed by atoms with Gasteiger partial charge in [-0.15, -0.1) is 0 Å². The van der Waals surface area contributed by atoms with E-state index in [1.165, 1.54) is 6.42 Å². The Bertz CT molecular complexity index is 364. The lowest BCUT2D eigenvalue weighted by molar-refractivity contribution is 0.413. The van der Waals surface area contributed by atoms with Crippen LogP contribution in [0.1, 0.15) is 32.1 Å². The molecule has 0 bridgehead atoms. The Labute approximate surface area is 104 Å². The first-order chi connectivity index (χ1) is 8.18. The Hall–Kier alpha value is -0.130. The minimum atomic E-state index is -3.00. The van der Waals surface area contributed by atoms with Gasteiger partial charge in [-0.3, -0.25) is 0 Å². The summed E-state index contributed by atoms with van der Waals surface area (Å²) in [7, 11) is -3.00. The van der Waals surface area contributed by atoms with Gasteiger partial charge in [0, 0.05) is 13.1 Å². The lowest BCUT2D eigenvalue weighted by atomic mass is 10.0. The van der Waals surface area contributed by atoms with Gasteiger partial charge in [-0.25, -0.2) is 12.7 Å². The predicted octanol–water partition coefficient (Wildman–Crippen LogP) is 0.800. The molecule has 1 aliphatic carbocycles. The summed E-state index contributed by atoms with van der Waals surface area (Å²) in [6, 6.07) is 0. The summed E-state index contributed by atoms with van der Waals surface area (Å²) in [5.41, 5.74) is 0. The second kappa shape index (κ2) is 4.52. The zero-order chi connectivity index (χ0) is 11.9. The molecule has 3 aliphatic rings. The largest absolute Gasteiger partial charge is 0.316 e. The van der Waals surface area contributed by atoms with E-state index in [1.807, 2.05) is 0 Å². The Kier molecular flexibility index (Phi) is 3.17. The molecule has 98 valence electrons. The fourth-order valence-electron chi connectivity index (χ4n) is 3.59. The normalized spacial score (nSPS) is 36.2. The topological polar surface area (TPSA) is 49.4 Å². The smallest absolute Gasteiger partial charge is 0.216 e. The summed E-state index contributed by atoms with van der Waals surface area (Å²) in [5, 5.41) is 3.27. The lowest BCUT2D eigenvalue weighted by Gasteiger charge is -2.27. The number of hydrogen-bond donors (Lipinski definition) is 1. The summed E-state index contributed by atoms with van der Waals surface area (Å²) in [6.07, 6.45) is 5.15. The number of fused-ring (bicyclic) bond motifs is 1. The molecule has 2 aliphatic heterocycles. The van der Waals surface area contributed by atoms with Gasteiger partial charge < -0.3 is 5.32 Å². The van der Waals surface area contributed by atoms with Crippen LogP contribution in [0.2, 0.25) is 0 Å². The molecule has 0 aromatic heterocycles. The molecule has 0 aromatic rings. The fraction of sp³-hybridized carbons (Fsp3) is 1.00. The second-order valence-electron chi connectivity index (χ2n) is 5.80. The molecule has 2 heterocycles. The molecule has 0 spiro atoms. The van der Waals surface area contributed by atoms with Gasteiger partial charge in [0.15, 0.2) is 0 Å². The van der Waals surface area contributed by atoms with Crippen molar-refractivity contribution in [1.29, 1.82) is 0 Å². The van der Waals surface area contributed by atoms with Crippen molar-refractivity contribution in [3.05, 3.63) is 0 Å². The van der Waals surface area contributed by atoms with Crippen molar-refractivity contribution in [2.75, 3.05) is 26.2 Å². The van der Waals surface area contributed by atoms with Gasteiger partial charge in [0.25, 0.3) is 0 Å². The van der Waals surface area contributed by atoms with E-state index in [0.29, 0.717) is 11.8 Å². The van der Waals surface area contributed by atoms with Gasteiger partial charge >= 0.3 is 0 Å². The van der Waals surface area contributed by atoms with Crippen LogP contribution in [0.5, 0.6) is 0 Å². The summed E-state index contributed by atoms with van der Waals surface area (Å²) in [4.78, 5) is 0. The summed E-state index contributed by atoms with van der Waals surface area (Å²) in [5.74, 6) is 1.13. The number of sulfonamides is 1. The summed E-state index contributed by atoms with van der Waals surface area (Å²) >= 11 is 0. The molecule has 3 fully saturated rings. The molecule has 2 atom stereocenters. The van der Waals surface area contributed by atoms with Crippen LogP contribution in [0.4, 0.5) is 0 Å². The van der Waals surface area contributed by atoms with Crippen molar-refractivity contribution >= 4 is 10.0 Å².